The molecule has 0 saturated carbocycles. The van der Waals surface area contributed by atoms with E-state index in [0.717, 1.165) is 42.3 Å². The Balaban J connectivity index is 2.29. The molecule has 0 aliphatic heterocycles. The van der Waals surface area contributed by atoms with E-state index in [1.807, 2.05) is 0 Å². The number of benzene rings is 1. The Bertz CT molecular complexity index is 554. The Morgan fingerprint density at radius 3 is 2.40 bits per heavy atom. The zero-order valence-electron chi connectivity index (χ0n) is 11.8. The van der Waals surface area contributed by atoms with Crippen molar-refractivity contribution in [3.63, 3.8) is 0 Å². The van der Waals surface area contributed by atoms with Crippen LogP contribution >= 0.6 is 22.6 Å². The highest BCUT2D eigenvalue weighted by Gasteiger charge is 2.10. The number of nitrogens with one attached hydrogen (secondary N) is 2. The van der Waals surface area contributed by atoms with Crippen LogP contribution in [0.1, 0.15) is 25.8 Å². The van der Waals surface area contributed by atoms with Gasteiger partial charge in [-0.05, 0) is 60.2 Å². The van der Waals surface area contributed by atoms with Crippen LogP contribution in [0.3, 0.4) is 0 Å². The average molecular weight is 382 g/mol. The van der Waals surface area contributed by atoms with Gasteiger partial charge in [0.05, 0.1) is 0 Å². The van der Waals surface area contributed by atoms with Crippen LogP contribution in [0.4, 0.5) is 17.3 Å². The first-order valence-corrected chi connectivity index (χ1v) is 7.92. The predicted octanol–water partition coefficient (Wildman–Crippen LogP) is 4.21. The Kier molecular flexibility index (Phi) is 5.58. The Morgan fingerprint density at radius 2 is 1.75 bits per heavy atom. The molecule has 0 unspecified atom stereocenters. The third-order valence-electron chi connectivity index (χ3n) is 2.90. The molecule has 0 aliphatic carbocycles. The fraction of sp³-hybridized carbons (Fsp3) is 0.333. The molecule has 0 saturated heterocycles. The number of halogens is 1. The lowest BCUT2D eigenvalue weighted by atomic mass is 10.1. The minimum atomic E-state index is 0.858. The molecule has 5 heteroatoms. The molecule has 1 aromatic heterocycles. The lowest BCUT2D eigenvalue weighted by molar-refractivity contribution is 0.902. The number of anilines is 3. The number of hydrogen-bond donors (Lipinski definition) is 2. The van der Waals surface area contributed by atoms with Gasteiger partial charge in [-0.1, -0.05) is 13.3 Å². The van der Waals surface area contributed by atoms with Gasteiger partial charge in [0, 0.05) is 21.4 Å². The van der Waals surface area contributed by atoms with Gasteiger partial charge in [-0.3, -0.25) is 0 Å². The number of aromatic nitrogens is 2. The number of rotatable bonds is 6. The minimum absolute atomic E-state index is 0.858. The highest BCUT2D eigenvalue weighted by molar-refractivity contribution is 14.1. The van der Waals surface area contributed by atoms with Crippen molar-refractivity contribution in [2.45, 2.75) is 26.7 Å². The Morgan fingerprint density at radius 1 is 1.05 bits per heavy atom. The van der Waals surface area contributed by atoms with Gasteiger partial charge in [0.1, 0.15) is 18.0 Å². The lowest BCUT2D eigenvalue weighted by Crippen LogP contribution is -2.08. The topological polar surface area (TPSA) is 49.8 Å². The van der Waals surface area contributed by atoms with Crippen LogP contribution in [0.2, 0.25) is 0 Å². The Hall–Kier alpha value is -1.37. The van der Waals surface area contributed by atoms with Gasteiger partial charge < -0.3 is 10.6 Å². The molecular formula is C15H19IN4. The number of nitrogens with zero attached hydrogens (tertiary/aromatic N) is 2. The van der Waals surface area contributed by atoms with Crippen LogP contribution in [0.15, 0.2) is 30.6 Å². The molecule has 0 atom stereocenters. The molecular weight excluding hydrogens is 363 g/mol. The van der Waals surface area contributed by atoms with E-state index in [0.29, 0.717) is 0 Å². The molecule has 106 valence electrons. The molecule has 0 radical (unpaired) electrons. The maximum Gasteiger partial charge on any atom is 0.139 e. The summed E-state index contributed by atoms with van der Waals surface area (Å²) >= 11 is 2.30. The van der Waals surface area contributed by atoms with Crippen LogP contribution < -0.4 is 10.6 Å². The zero-order chi connectivity index (χ0) is 14.4. The molecule has 1 heterocycles. The maximum absolute atomic E-state index is 4.39. The van der Waals surface area contributed by atoms with Gasteiger partial charge in [-0.25, -0.2) is 9.97 Å². The van der Waals surface area contributed by atoms with E-state index in [9.17, 15) is 0 Å². The molecule has 2 N–H and O–H groups in total. The standard InChI is InChI=1S/C15H19IN4/c1-3-5-13-14(17-4-2)18-10-19-15(13)20-12-8-6-11(16)7-9-12/h6-10H,3-5H2,1-2H3,(H2,17,18,19,20). The second-order valence-electron chi connectivity index (χ2n) is 4.46. The van der Waals surface area contributed by atoms with Crippen molar-refractivity contribution in [1.82, 2.24) is 9.97 Å². The minimum Gasteiger partial charge on any atom is -0.370 e. The molecule has 2 rings (SSSR count). The first-order chi connectivity index (χ1) is 9.74. The first kappa shape index (κ1) is 15.0. The summed E-state index contributed by atoms with van der Waals surface area (Å²) in [7, 11) is 0. The summed E-state index contributed by atoms with van der Waals surface area (Å²) in [6.45, 7) is 5.10. The number of hydrogen-bond acceptors (Lipinski definition) is 4. The average Bonchev–Trinajstić information content (AvgIpc) is 2.45. The summed E-state index contributed by atoms with van der Waals surface area (Å²) < 4.78 is 1.22. The molecule has 4 nitrogen and oxygen atoms in total. The second kappa shape index (κ2) is 7.42. The Labute approximate surface area is 133 Å². The molecule has 0 amide bonds. The van der Waals surface area contributed by atoms with Crippen LogP contribution in [-0.4, -0.2) is 16.5 Å². The quantitative estimate of drug-likeness (QED) is 0.735. The molecule has 1 aromatic carbocycles. The van der Waals surface area contributed by atoms with E-state index in [2.05, 4.69) is 81.3 Å². The van der Waals surface area contributed by atoms with Crippen LogP contribution in [0.25, 0.3) is 0 Å². The predicted molar refractivity (Wildman–Crippen MR) is 92.6 cm³/mol. The van der Waals surface area contributed by atoms with Crippen LogP contribution in [-0.2, 0) is 6.42 Å². The highest BCUT2D eigenvalue weighted by atomic mass is 127. The second-order valence-corrected chi connectivity index (χ2v) is 5.71. The highest BCUT2D eigenvalue weighted by Crippen LogP contribution is 2.25. The summed E-state index contributed by atoms with van der Waals surface area (Å²) in [6, 6.07) is 8.28. The largest absolute Gasteiger partial charge is 0.370 e. The fourth-order valence-electron chi connectivity index (χ4n) is 2.00. The molecule has 0 spiro atoms. The monoisotopic (exact) mass is 382 g/mol. The molecule has 0 aliphatic rings. The lowest BCUT2D eigenvalue weighted by Gasteiger charge is -2.14. The van der Waals surface area contributed by atoms with Crippen LogP contribution in [0.5, 0.6) is 0 Å². The third kappa shape index (κ3) is 3.82. The van der Waals surface area contributed by atoms with Gasteiger partial charge in [-0.2, -0.15) is 0 Å². The van der Waals surface area contributed by atoms with Crippen molar-refractivity contribution < 1.29 is 0 Å². The summed E-state index contributed by atoms with van der Waals surface area (Å²) in [5.74, 6) is 1.82. The van der Waals surface area contributed by atoms with E-state index < -0.39 is 0 Å². The van der Waals surface area contributed by atoms with Crippen molar-refractivity contribution >= 4 is 39.9 Å². The smallest absolute Gasteiger partial charge is 0.139 e. The van der Waals surface area contributed by atoms with Crippen molar-refractivity contribution in [3.05, 3.63) is 39.7 Å². The van der Waals surface area contributed by atoms with Crippen molar-refractivity contribution in [2.24, 2.45) is 0 Å². The normalized spacial score (nSPS) is 10.3. The van der Waals surface area contributed by atoms with E-state index in [-0.39, 0.29) is 0 Å². The van der Waals surface area contributed by atoms with Crippen molar-refractivity contribution in [1.29, 1.82) is 0 Å². The van der Waals surface area contributed by atoms with Crippen molar-refractivity contribution in [3.8, 4) is 0 Å². The van der Waals surface area contributed by atoms with Crippen molar-refractivity contribution in [2.75, 3.05) is 17.2 Å². The summed E-state index contributed by atoms with van der Waals surface area (Å²) in [4.78, 5) is 8.73. The summed E-state index contributed by atoms with van der Waals surface area (Å²) in [6.07, 6.45) is 3.62. The third-order valence-corrected chi connectivity index (χ3v) is 3.62. The van der Waals surface area contributed by atoms with Crippen LogP contribution in [0, 0.1) is 3.57 Å². The molecule has 0 bridgehead atoms. The van der Waals surface area contributed by atoms with E-state index in [4.69, 9.17) is 0 Å². The first-order valence-electron chi connectivity index (χ1n) is 6.85. The van der Waals surface area contributed by atoms with E-state index in [1.165, 1.54) is 3.57 Å². The molecule has 2 aromatic rings. The SMILES string of the molecule is CCCc1c(NCC)ncnc1Nc1ccc(I)cc1. The van der Waals surface area contributed by atoms with Gasteiger partial charge in [-0.15, -0.1) is 0 Å². The van der Waals surface area contributed by atoms with E-state index in [1.54, 1.807) is 6.33 Å². The zero-order valence-corrected chi connectivity index (χ0v) is 13.9. The van der Waals surface area contributed by atoms with Gasteiger partial charge in [0.25, 0.3) is 0 Å². The van der Waals surface area contributed by atoms with Gasteiger partial charge in [0.15, 0.2) is 0 Å². The molecule has 20 heavy (non-hydrogen) atoms. The summed E-state index contributed by atoms with van der Waals surface area (Å²) in [5, 5.41) is 6.69. The van der Waals surface area contributed by atoms with Gasteiger partial charge in [0.2, 0.25) is 0 Å². The fourth-order valence-corrected chi connectivity index (χ4v) is 2.36. The molecule has 0 fully saturated rings. The maximum atomic E-state index is 4.39. The summed E-state index contributed by atoms with van der Waals surface area (Å²) in [5.41, 5.74) is 2.19. The van der Waals surface area contributed by atoms with E-state index >= 15 is 0 Å². The van der Waals surface area contributed by atoms with Gasteiger partial charge >= 0.3 is 0 Å².